The van der Waals surface area contributed by atoms with E-state index >= 15 is 0 Å². The van der Waals surface area contributed by atoms with Gasteiger partial charge in [-0.2, -0.15) is 5.10 Å². The molecule has 1 aliphatic carbocycles. The number of fused-ring (bicyclic) bond motifs is 3. The molecule has 2 aliphatic heterocycles. The van der Waals surface area contributed by atoms with Crippen molar-refractivity contribution in [3.05, 3.63) is 71.6 Å². The van der Waals surface area contributed by atoms with E-state index in [1.807, 2.05) is 11.8 Å². The Bertz CT molecular complexity index is 1670. The number of nitrogens with zero attached hydrogens (tertiary/aromatic N) is 6. The Morgan fingerprint density at radius 1 is 1.24 bits per heavy atom. The van der Waals surface area contributed by atoms with E-state index in [4.69, 9.17) is 0 Å². The van der Waals surface area contributed by atoms with Gasteiger partial charge in [0.25, 0.3) is 5.91 Å². The van der Waals surface area contributed by atoms with Crippen LogP contribution in [0, 0.1) is 17.7 Å². The Balaban J connectivity index is 1.41. The first kappa shape index (κ1) is 24.3. The second-order valence-electron chi connectivity index (χ2n) is 9.91. The zero-order valence-electron chi connectivity index (χ0n) is 20.7. The van der Waals surface area contributed by atoms with Gasteiger partial charge in [0.2, 0.25) is 16.0 Å². The van der Waals surface area contributed by atoms with Gasteiger partial charge in [-0.25, -0.2) is 27.5 Å². The maximum Gasteiger partial charge on any atom is 0.263 e. The van der Waals surface area contributed by atoms with E-state index in [1.54, 1.807) is 30.2 Å². The molecule has 2 aromatic heterocycles. The van der Waals surface area contributed by atoms with Crippen LogP contribution in [0.3, 0.4) is 0 Å². The Kier molecular flexibility index (Phi) is 5.59. The van der Waals surface area contributed by atoms with E-state index < -0.39 is 27.4 Å². The standard InChI is InChI=1S/C26H24FN7O3S/c1-26(8-9-26)31-38(36,37)21-5-6-23-22(12-21)24(35)33(16-17-13-30-32(2)15-17)25-29-14-20(34(23)25)4-3-19-11-18(27)7-10-28-19/h5-7,10-13,15,20,31H,8-9,14,16H2,1-2H3/t20-/m1/s1. The molecule has 0 spiro atoms. The summed E-state index contributed by atoms with van der Waals surface area (Å²) in [6, 6.07) is 6.55. The first-order valence-electron chi connectivity index (χ1n) is 12.1. The lowest BCUT2D eigenvalue weighted by molar-refractivity contribution is 0.0833. The molecule has 0 unspecified atom stereocenters. The molecule has 3 aromatic rings. The molecule has 1 N–H and O–H groups in total. The molecule has 4 heterocycles. The van der Waals surface area contributed by atoms with Crippen molar-refractivity contribution in [2.75, 3.05) is 11.4 Å². The summed E-state index contributed by atoms with van der Waals surface area (Å²) >= 11 is 0. The molecule has 1 amide bonds. The Hall–Kier alpha value is -4.08. The highest BCUT2D eigenvalue weighted by Gasteiger charge is 2.44. The Morgan fingerprint density at radius 3 is 2.76 bits per heavy atom. The number of nitrogens with one attached hydrogen (secondary N) is 1. The number of aromatic nitrogens is 3. The number of amides is 1. The van der Waals surface area contributed by atoms with Crippen LogP contribution in [-0.2, 0) is 23.6 Å². The molecule has 1 saturated carbocycles. The van der Waals surface area contributed by atoms with Crippen molar-refractivity contribution in [3.63, 3.8) is 0 Å². The molecule has 1 atom stereocenters. The van der Waals surface area contributed by atoms with Crippen LogP contribution in [0.25, 0.3) is 0 Å². The topological polar surface area (TPSA) is 113 Å². The molecule has 194 valence electrons. The van der Waals surface area contributed by atoms with Crippen LogP contribution < -0.4 is 9.62 Å². The van der Waals surface area contributed by atoms with E-state index in [0.717, 1.165) is 18.4 Å². The zero-order chi connectivity index (χ0) is 26.7. The van der Waals surface area contributed by atoms with Crippen molar-refractivity contribution < 1.29 is 17.6 Å². The van der Waals surface area contributed by atoms with E-state index in [-0.39, 0.29) is 35.1 Å². The molecular weight excluding hydrogens is 509 g/mol. The summed E-state index contributed by atoms with van der Waals surface area (Å²) in [5.74, 6) is 5.61. The van der Waals surface area contributed by atoms with Gasteiger partial charge in [-0.3, -0.25) is 19.3 Å². The predicted molar refractivity (Wildman–Crippen MR) is 137 cm³/mol. The summed E-state index contributed by atoms with van der Waals surface area (Å²) < 4.78 is 44.2. The predicted octanol–water partition coefficient (Wildman–Crippen LogP) is 2.04. The van der Waals surface area contributed by atoms with Crippen LogP contribution in [0.4, 0.5) is 10.1 Å². The number of halogens is 1. The van der Waals surface area contributed by atoms with Crippen molar-refractivity contribution in [2.24, 2.45) is 12.0 Å². The molecule has 1 aromatic carbocycles. The summed E-state index contributed by atoms with van der Waals surface area (Å²) in [7, 11) is -2.04. The molecule has 0 bridgehead atoms. The lowest BCUT2D eigenvalue weighted by Gasteiger charge is -2.37. The lowest BCUT2D eigenvalue weighted by atomic mass is 10.1. The normalized spacial score (nSPS) is 19.4. The number of carbonyl (C=O) groups excluding carboxylic acids is 1. The second kappa shape index (κ2) is 8.75. The van der Waals surface area contributed by atoms with Gasteiger partial charge >= 0.3 is 0 Å². The maximum atomic E-state index is 13.8. The number of hydrogen-bond donors (Lipinski definition) is 1. The van der Waals surface area contributed by atoms with Gasteiger partial charge < -0.3 is 0 Å². The van der Waals surface area contributed by atoms with E-state index in [1.165, 1.54) is 35.4 Å². The number of carbonyl (C=O) groups is 1. The molecule has 1 fully saturated rings. The average molecular weight is 534 g/mol. The smallest absolute Gasteiger partial charge is 0.263 e. The molecular formula is C26H24FN7O3S. The Morgan fingerprint density at radius 2 is 2.05 bits per heavy atom. The quantitative estimate of drug-likeness (QED) is 0.503. The monoisotopic (exact) mass is 533 g/mol. The van der Waals surface area contributed by atoms with Gasteiger partial charge in [0.05, 0.1) is 35.4 Å². The number of rotatable bonds is 5. The molecule has 38 heavy (non-hydrogen) atoms. The SMILES string of the molecule is Cn1cc(CN2C(=O)c3cc(S(=O)(=O)NC4(C)CC4)ccc3N3C2=NC[C@H]3C#Cc2cc(F)ccn2)cn1. The highest BCUT2D eigenvalue weighted by Crippen LogP contribution is 2.38. The number of sulfonamides is 1. The molecule has 3 aliphatic rings. The Labute approximate surface area is 219 Å². The van der Waals surface area contributed by atoms with Crippen LogP contribution >= 0.6 is 0 Å². The third kappa shape index (κ3) is 4.44. The van der Waals surface area contributed by atoms with Crippen LogP contribution in [0.2, 0.25) is 0 Å². The fourth-order valence-electron chi connectivity index (χ4n) is 4.55. The van der Waals surface area contributed by atoms with Gasteiger partial charge in [0.15, 0.2) is 0 Å². The molecule has 0 saturated heterocycles. The van der Waals surface area contributed by atoms with E-state index in [2.05, 4.69) is 31.6 Å². The fraction of sp³-hybridized carbons (Fsp3) is 0.308. The first-order chi connectivity index (χ1) is 18.1. The minimum Gasteiger partial charge on any atom is -0.295 e. The summed E-state index contributed by atoms with van der Waals surface area (Å²) in [6.45, 7) is 2.32. The third-order valence-electron chi connectivity index (χ3n) is 6.76. The molecule has 12 heteroatoms. The van der Waals surface area contributed by atoms with Gasteiger partial charge in [-0.05, 0) is 50.0 Å². The van der Waals surface area contributed by atoms with Crippen molar-refractivity contribution in [1.82, 2.24) is 24.4 Å². The van der Waals surface area contributed by atoms with Gasteiger partial charge in [-0.1, -0.05) is 5.92 Å². The molecule has 10 nitrogen and oxygen atoms in total. The van der Waals surface area contributed by atoms with Crippen molar-refractivity contribution in [1.29, 1.82) is 0 Å². The number of pyridine rings is 1. The number of anilines is 1. The summed E-state index contributed by atoms with van der Waals surface area (Å²) in [4.78, 5) is 25.8. The number of guanidine groups is 1. The number of aryl methyl sites for hydroxylation is 1. The number of benzene rings is 1. The van der Waals surface area contributed by atoms with Crippen molar-refractivity contribution in [3.8, 4) is 11.8 Å². The minimum absolute atomic E-state index is 0.0187. The largest absolute Gasteiger partial charge is 0.295 e. The third-order valence-corrected chi connectivity index (χ3v) is 8.39. The lowest BCUT2D eigenvalue weighted by Crippen LogP contribution is -2.52. The van der Waals surface area contributed by atoms with Gasteiger partial charge in [0, 0.05) is 36.6 Å². The minimum atomic E-state index is -3.83. The van der Waals surface area contributed by atoms with Crippen LogP contribution in [0.1, 0.15) is 41.4 Å². The van der Waals surface area contributed by atoms with Crippen LogP contribution in [0.15, 0.2) is 58.8 Å². The van der Waals surface area contributed by atoms with E-state index in [9.17, 15) is 17.6 Å². The summed E-state index contributed by atoms with van der Waals surface area (Å²) in [6.07, 6.45) is 6.35. The van der Waals surface area contributed by atoms with E-state index in [0.29, 0.717) is 11.6 Å². The number of aliphatic imine (C=N–C) groups is 1. The summed E-state index contributed by atoms with van der Waals surface area (Å²) in [5, 5.41) is 4.19. The van der Waals surface area contributed by atoms with Crippen molar-refractivity contribution in [2.45, 2.75) is 42.8 Å². The summed E-state index contributed by atoms with van der Waals surface area (Å²) in [5.41, 5.74) is 1.36. The second-order valence-corrected chi connectivity index (χ2v) is 11.6. The average Bonchev–Trinajstić information content (AvgIpc) is 3.24. The number of hydrogen-bond acceptors (Lipinski definition) is 7. The highest BCUT2D eigenvalue weighted by atomic mass is 32.2. The fourth-order valence-corrected chi connectivity index (χ4v) is 6.04. The van der Waals surface area contributed by atoms with Gasteiger partial charge in [0.1, 0.15) is 17.6 Å². The highest BCUT2D eigenvalue weighted by molar-refractivity contribution is 7.89. The maximum absolute atomic E-state index is 13.8. The zero-order valence-corrected chi connectivity index (χ0v) is 21.5. The van der Waals surface area contributed by atoms with Crippen molar-refractivity contribution >= 4 is 27.6 Å². The van der Waals surface area contributed by atoms with Gasteiger partial charge in [-0.15, -0.1) is 0 Å². The molecule has 6 rings (SSSR count). The molecule has 0 radical (unpaired) electrons. The first-order valence-corrected chi connectivity index (χ1v) is 13.5. The van der Waals surface area contributed by atoms with Crippen LogP contribution in [-0.4, -0.2) is 58.1 Å². The van der Waals surface area contributed by atoms with Crippen LogP contribution in [0.5, 0.6) is 0 Å².